The fourth-order valence-corrected chi connectivity index (χ4v) is 8.66. The molecule has 0 fully saturated rings. The van der Waals surface area contributed by atoms with Crippen molar-refractivity contribution in [3.63, 3.8) is 0 Å². The average molecular weight is 839 g/mol. The van der Waals surface area contributed by atoms with Gasteiger partial charge in [-0.3, -0.25) is 0 Å². The molecule has 0 radical (unpaired) electrons. The van der Waals surface area contributed by atoms with Crippen molar-refractivity contribution in [3.05, 3.63) is 266 Å². The molecule has 0 aliphatic heterocycles. The van der Waals surface area contributed by atoms with E-state index in [1.54, 1.807) is 0 Å². The van der Waals surface area contributed by atoms with E-state index < -0.39 is 0 Å². The van der Waals surface area contributed by atoms with Crippen LogP contribution in [0.3, 0.4) is 0 Å². The van der Waals surface area contributed by atoms with Crippen LogP contribution < -0.4 is 19.6 Å². The molecule has 314 valence electrons. The summed E-state index contributed by atoms with van der Waals surface area (Å²) in [5.41, 5.74) is 15.6. The van der Waals surface area contributed by atoms with Crippen LogP contribution in [0.1, 0.15) is 18.1 Å². The molecule has 0 N–H and O–H groups in total. The van der Waals surface area contributed by atoms with Crippen LogP contribution in [0.4, 0.5) is 68.2 Å². The molecule has 10 aromatic rings. The molecule has 4 heteroatoms. The Hall–Kier alpha value is -8.34. The largest absolute Gasteiger partial charge is 0.311 e. The second-order valence-electron chi connectivity index (χ2n) is 16.3. The van der Waals surface area contributed by atoms with Crippen molar-refractivity contribution < 1.29 is 0 Å². The Labute approximate surface area is 383 Å². The molecule has 0 saturated carbocycles. The molecule has 10 aromatic carbocycles. The second kappa shape index (κ2) is 18.6. The van der Waals surface area contributed by atoms with Crippen molar-refractivity contribution in [3.8, 4) is 0 Å². The van der Waals surface area contributed by atoms with Gasteiger partial charge in [0, 0.05) is 68.2 Å². The molecule has 4 nitrogen and oxygen atoms in total. The van der Waals surface area contributed by atoms with E-state index in [0.29, 0.717) is 0 Å². The molecule has 0 spiro atoms. The predicted molar refractivity (Wildman–Crippen MR) is 277 cm³/mol. The van der Waals surface area contributed by atoms with Crippen molar-refractivity contribution in [1.82, 2.24) is 0 Å². The maximum absolute atomic E-state index is 2.35. The van der Waals surface area contributed by atoms with E-state index in [2.05, 4.69) is 288 Å². The Morgan fingerprint density at radius 1 is 0.246 bits per heavy atom. The number of benzene rings is 10. The lowest BCUT2D eigenvalue weighted by Gasteiger charge is -2.30. The molecular formula is C61H50N4. The number of hydrogen-bond donors (Lipinski definition) is 0. The van der Waals surface area contributed by atoms with E-state index in [1.807, 2.05) is 0 Å². The van der Waals surface area contributed by atoms with Crippen LogP contribution in [0.2, 0.25) is 0 Å². The summed E-state index contributed by atoms with van der Waals surface area (Å²) in [7, 11) is 0. The Morgan fingerprint density at radius 3 is 0.862 bits per heavy atom. The highest BCUT2D eigenvalue weighted by Gasteiger charge is 2.20. The maximum atomic E-state index is 2.35. The van der Waals surface area contributed by atoms with Gasteiger partial charge in [0.2, 0.25) is 0 Å². The highest BCUT2D eigenvalue weighted by molar-refractivity contribution is 5.90. The van der Waals surface area contributed by atoms with E-state index in [1.165, 1.54) is 21.9 Å². The van der Waals surface area contributed by atoms with Gasteiger partial charge in [0.15, 0.2) is 0 Å². The lowest BCUT2D eigenvalue weighted by Crippen LogP contribution is -2.14. The minimum absolute atomic E-state index is 1.00. The van der Waals surface area contributed by atoms with Crippen molar-refractivity contribution in [2.24, 2.45) is 0 Å². The Balaban J connectivity index is 1.06. The number of hydrogen-bond acceptors (Lipinski definition) is 4. The van der Waals surface area contributed by atoms with Crippen molar-refractivity contribution >= 4 is 79.0 Å². The second-order valence-corrected chi connectivity index (χ2v) is 16.3. The molecule has 0 unspecified atom stereocenters. The van der Waals surface area contributed by atoms with Crippen LogP contribution >= 0.6 is 0 Å². The van der Waals surface area contributed by atoms with E-state index in [4.69, 9.17) is 0 Å². The molecular weight excluding hydrogens is 789 g/mol. The minimum Gasteiger partial charge on any atom is -0.311 e. The summed E-state index contributed by atoms with van der Waals surface area (Å²) < 4.78 is 0. The highest BCUT2D eigenvalue weighted by Crippen LogP contribution is 2.43. The van der Waals surface area contributed by atoms with Crippen LogP contribution in [0.5, 0.6) is 0 Å². The zero-order valence-corrected chi connectivity index (χ0v) is 36.7. The van der Waals surface area contributed by atoms with Crippen LogP contribution in [0, 0.1) is 6.92 Å². The lowest BCUT2D eigenvalue weighted by molar-refractivity contribution is 1.14. The highest BCUT2D eigenvalue weighted by atomic mass is 15.2. The fraction of sp³-hybridized carbons (Fsp3) is 0.0492. The number of para-hydroxylation sites is 3. The first-order valence-electron chi connectivity index (χ1n) is 22.4. The number of aryl methyl sites for hydroxylation is 2. The molecule has 10 rings (SSSR count). The first-order chi connectivity index (χ1) is 32.1. The Bertz CT molecular complexity index is 3100. The predicted octanol–water partition coefficient (Wildman–Crippen LogP) is 17.6. The van der Waals surface area contributed by atoms with Gasteiger partial charge >= 0.3 is 0 Å². The summed E-state index contributed by atoms with van der Waals surface area (Å²) in [5, 5.41) is 2.43. The van der Waals surface area contributed by atoms with E-state index >= 15 is 0 Å². The first kappa shape index (κ1) is 40.7. The fourth-order valence-electron chi connectivity index (χ4n) is 8.66. The summed E-state index contributed by atoms with van der Waals surface area (Å²) in [4.78, 5) is 9.32. The van der Waals surface area contributed by atoms with Gasteiger partial charge in [-0.25, -0.2) is 0 Å². The third-order valence-electron chi connectivity index (χ3n) is 12.0. The summed E-state index contributed by atoms with van der Waals surface area (Å²) in [6.07, 6.45) is 1.00. The quantitative estimate of drug-likeness (QED) is 0.115. The van der Waals surface area contributed by atoms with Crippen molar-refractivity contribution in [2.45, 2.75) is 20.3 Å². The Kier molecular flexibility index (Phi) is 11.6. The normalized spacial score (nSPS) is 11.0. The summed E-state index contributed by atoms with van der Waals surface area (Å²) in [6, 6.07) is 91.5. The standard InChI is InChI=1S/C61H50N4/c1-3-47-25-30-54(31-26-47)63(51-19-9-5-10-20-51)56-35-39-58(40-36-56)64(57-37-33-55(34-38-57)62(50-17-7-4-8-18-50)53-28-23-46(2)24-29-53)59-41-43-60(44-42-59)65(52-21-11-6-12-22-52)61-32-27-48-15-13-14-16-49(48)45-61/h4-45H,3H2,1-2H3. The lowest BCUT2D eigenvalue weighted by atomic mass is 10.1. The summed E-state index contributed by atoms with van der Waals surface area (Å²) in [6.45, 7) is 4.33. The van der Waals surface area contributed by atoms with Gasteiger partial charge < -0.3 is 19.6 Å². The zero-order chi connectivity index (χ0) is 44.0. The van der Waals surface area contributed by atoms with Crippen molar-refractivity contribution in [2.75, 3.05) is 19.6 Å². The van der Waals surface area contributed by atoms with Crippen LogP contribution in [0.25, 0.3) is 10.8 Å². The molecule has 0 aromatic heterocycles. The minimum atomic E-state index is 1.00. The number of rotatable bonds is 13. The van der Waals surface area contributed by atoms with Gasteiger partial charge in [-0.1, -0.05) is 122 Å². The maximum Gasteiger partial charge on any atom is 0.0468 e. The number of nitrogens with zero attached hydrogens (tertiary/aromatic N) is 4. The first-order valence-corrected chi connectivity index (χ1v) is 22.4. The third kappa shape index (κ3) is 8.71. The molecule has 0 saturated heterocycles. The average Bonchev–Trinajstić information content (AvgIpc) is 3.37. The van der Waals surface area contributed by atoms with Crippen LogP contribution in [-0.4, -0.2) is 0 Å². The van der Waals surface area contributed by atoms with Gasteiger partial charge in [0.05, 0.1) is 0 Å². The molecule has 0 bridgehead atoms. The molecule has 0 aliphatic carbocycles. The van der Waals surface area contributed by atoms with Gasteiger partial charge in [0.1, 0.15) is 0 Å². The summed E-state index contributed by atoms with van der Waals surface area (Å²) in [5.74, 6) is 0. The van der Waals surface area contributed by atoms with E-state index in [9.17, 15) is 0 Å². The Morgan fingerprint density at radius 2 is 0.508 bits per heavy atom. The van der Waals surface area contributed by atoms with E-state index in [0.717, 1.165) is 74.7 Å². The van der Waals surface area contributed by atoms with Gasteiger partial charge in [-0.2, -0.15) is 0 Å². The van der Waals surface area contributed by atoms with E-state index in [-0.39, 0.29) is 0 Å². The van der Waals surface area contributed by atoms with Gasteiger partial charge in [0.25, 0.3) is 0 Å². The molecule has 65 heavy (non-hydrogen) atoms. The monoisotopic (exact) mass is 838 g/mol. The van der Waals surface area contributed by atoms with Gasteiger partial charge in [-0.15, -0.1) is 0 Å². The molecule has 0 atom stereocenters. The smallest absolute Gasteiger partial charge is 0.0468 e. The topological polar surface area (TPSA) is 13.0 Å². The van der Waals surface area contributed by atoms with Crippen molar-refractivity contribution in [1.29, 1.82) is 0 Å². The number of anilines is 12. The molecule has 0 heterocycles. The zero-order valence-electron chi connectivity index (χ0n) is 36.7. The SMILES string of the molecule is CCc1ccc(N(c2ccccc2)c2ccc(N(c3ccc(N(c4ccccc4)c4ccc(C)cc4)cc3)c3ccc(N(c4ccccc4)c4ccc5ccccc5c4)cc3)cc2)cc1. The van der Waals surface area contributed by atoms with Crippen LogP contribution in [0.15, 0.2) is 255 Å². The van der Waals surface area contributed by atoms with Crippen LogP contribution in [-0.2, 0) is 6.42 Å². The summed E-state index contributed by atoms with van der Waals surface area (Å²) >= 11 is 0. The van der Waals surface area contributed by atoms with Gasteiger partial charge in [-0.05, 0) is 175 Å². The molecule has 0 amide bonds. The third-order valence-corrected chi connectivity index (χ3v) is 12.0. The number of fused-ring (bicyclic) bond motifs is 1. The molecule has 0 aliphatic rings.